The average Bonchev–Trinajstić information content (AvgIpc) is 2.78. The summed E-state index contributed by atoms with van der Waals surface area (Å²) in [6, 6.07) is 2.78. The summed E-state index contributed by atoms with van der Waals surface area (Å²) in [6.07, 6.45) is 0.690. The van der Waals surface area contributed by atoms with E-state index < -0.39 is 0 Å². The molecule has 1 aromatic rings. The Morgan fingerprint density at radius 2 is 1.95 bits per heavy atom. The summed E-state index contributed by atoms with van der Waals surface area (Å²) in [5, 5.41) is 3.70. The highest BCUT2D eigenvalue weighted by atomic mass is 32.1. The van der Waals surface area contributed by atoms with Gasteiger partial charge in [0.1, 0.15) is 0 Å². The van der Waals surface area contributed by atoms with Gasteiger partial charge in [-0.2, -0.15) is 0 Å². The standard InChI is InChI=1S/C16H27NOS/c1-7-17-16(14-8-9(2)19-13(14)6)15-10(3)11(4)18-12(15)5/h8,10-12,15-17H,7H2,1-6H3. The number of ether oxygens (including phenoxy) is 1. The summed E-state index contributed by atoms with van der Waals surface area (Å²) in [6.45, 7) is 14.4. The molecule has 5 unspecified atom stereocenters. The van der Waals surface area contributed by atoms with Crippen molar-refractivity contribution in [3.63, 3.8) is 0 Å². The first-order chi connectivity index (χ1) is 8.95. The Bertz CT molecular complexity index is 428. The number of hydrogen-bond donors (Lipinski definition) is 1. The molecule has 0 bridgehead atoms. The van der Waals surface area contributed by atoms with Crippen LogP contribution >= 0.6 is 11.3 Å². The third kappa shape index (κ3) is 2.88. The van der Waals surface area contributed by atoms with Crippen molar-refractivity contribution in [3.05, 3.63) is 21.4 Å². The Hall–Kier alpha value is -0.380. The van der Waals surface area contributed by atoms with Gasteiger partial charge >= 0.3 is 0 Å². The predicted molar refractivity (Wildman–Crippen MR) is 82.9 cm³/mol. The van der Waals surface area contributed by atoms with Crippen molar-refractivity contribution in [2.45, 2.75) is 59.8 Å². The predicted octanol–water partition coefficient (Wildman–Crippen LogP) is 4.08. The van der Waals surface area contributed by atoms with E-state index in [-0.39, 0.29) is 0 Å². The number of thiophene rings is 1. The minimum Gasteiger partial charge on any atom is -0.375 e. The van der Waals surface area contributed by atoms with Gasteiger partial charge in [0, 0.05) is 21.7 Å². The molecule has 0 amide bonds. The highest BCUT2D eigenvalue weighted by molar-refractivity contribution is 7.12. The van der Waals surface area contributed by atoms with Gasteiger partial charge in [0.2, 0.25) is 0 Å². The number of hydrogen-bond acceptors (Lipinski definition) is 3. The van der Waals surface area contributed by atoms with E-state index in [1.165, 1.54) is 15.3 Å². The maximum atomic E-state index is 6.04. The van der Waals surface area contributed by atoms with Crippen molar-refractivity contribution in [2.24, 2.45) is 11.8 Å². The van der Waals surface area contributed by atoms with Crippen LogP contribution in [-0.4, -0.2) is 18.8 Å². The van der Waals surface area contributed by atoms with Crippen molar-refractivity contribution in [1.82, 2.24) is 5.32 Å². The van der Waals surface area contributed by atoms with E-state index in [0.717, 1.165) is 6.54 Å². The van der Waals surface area contributed by atoms with Crippen LogP contribution in [0.1, 0.15) is 49.1 Å². The van der Waals surface area contributed by atoms with Crippen LogP contribution in [0.25, 0.3) is 0 Å². The zero-order chi connectivity index (χ0) is 14.2. The summed E-state index contributed by atoms with van der Waals surface area (Å²) in [5.41, 5.74) is 1.48. The largest absolute Gasteiger partial charge is 0.375 e. The van der Waals surface area contributed by atoms with E-state index in [2.05, 4.69) is 52.9 Å². The summed E-state index contributed by atoms with van der Waals surface area (Å²) < 4.78 is 6.04. The van der Waals surface area contributed by atoms with Crippen LogP contribution in [0.4, 0.5) is 0 Å². The lowest BCUT2D eigenvalue weighted by Gasteiger charge is -2.30. The second kappa shape index (κ2) is 5.94. The molecule has 0 aliphatic carbocycles. The fourth-order valence-electron chi connectivity index (χ4n) is 3.50. The Labute approximate surface area is 121 Å². The Kier molecular flexibility index (Phi) is 4.70. The van der Waals surface area contributed by atoms with E-state index in [1.807, 2.05) is 11.3 Å². The van der Waals surface area contributed by atoms with E-state index >= 15 is 0 Å². The van der Waals surface area contributed by atoms with Gasteiger partial charge in [0.25, 0.3) is 0 Å². The summed E-state index contributed by atoms with van der Waals surface area (Å²) in [7, 11) is 0. The Morgan fingerprint density at radius 3 is 2.37 bits per heavy atom. The van der Waals surface area contributed by atoms with Crippen molar-refractivity contribution < 1.29 is 4.74 Å². The molecule has 108 valence electrons. The maximum absolute atomic E-state index is 6.04. The van der Waals surface area contributed by atoms with Gasteiger partial charge in [0.15, 0.2) is 0 Å². The first-order valence-corrected chi connectivity index (χ1v) is 8.23. The topological polar surface area (TPSA) is 21.3 Å². The minimum atomic E-state index is 0.327. The lowest BCUT2D eigenvalue weighted by atomic mass is 9.80. The molecule has 1 N–H and O–H groups in total. The molecule has 1 saturated heterocycles. The van der Waals surface area contributed by atoms with Gasteiger partial charge in [-0.15, -0.1) is 11.3 Å². The molecule has 0 saturated carbocycles. The quantitative estimate of drug-likeness (QED) is 0.898. The van der Waals surface area contributed by atoms with Crippen LogP contribution in [-0.2, 0) is 4.74 Å². The number of rotatable bonds is 4. The average molecular weight is 281 g/mol. The first kappa shape index (κ1) is 15.0. The van der Waals surface area contributed by atoms with Gasteiger partial charge in [-0.25, -0.2) is 0 Å². The minimum absolute atomic E-state index is 0.327. The summed E-state index contributed by atoms with van der Waals surface area (Å²) >= 11 is 1.90. The second-order valence-electron chi connectivity index (χ2n) is 5.89. The molecule has 0 radical (unpaired) electrons. The molecule has 1 fully saturated rings. The molecule has 3 heteroatoms. The third-order valence-corrected chi connectivity index (χ3v) is 5.52. The molecule has 0 spiro atoms. The molecule has 5 atom stereocenters. The molecule has 1 aromatic heterocycles. The third-order valence-electron chi connectivity index (χ3n) is 4.54. The highest BCUT2D eigenvalue weighted by Gasteiger charge is 2.42. The molecular weight excluding hydrogens is 254 g/mol. The van der Waals surface area contributed by atoms with E-state index in [0.29, 0.717) is 30.1 Å². The van der Waals surface area contributed by atoms with E-state index in [4.69, 9.17) is 4.74 Å². The number of aryl methyl sites for hydroxylation is 2. The zero-order valence-electron chi connectivity index (χ0n) is 13.0. The monoisotopic (exact) mass is 281 g/mol. The SMILES string of the molecule is CCNC(c1cc(C)sc1C)C1C(C)OC(C)C1C. The molecule has 2 heterocycles. The highest BCUT2D eigenvalue weighted by Crippen LogP contribution is 2.42. The second-order valence-corrected chi connectivity index (χ2v) is 7.35. The van der Waals surface area contributed by atoms with Gasteiger partial charge in [-0.3, -0.25) is 0 Å². The fourth-order valence-corrected chi connectivity index (χ4v) is 4.47. The zero-order valence-corrected chi connectivity index (χ0v) is 13.8. The first-order valence-electron chi connectivity index (χ1n) is 7.41. The van der Waals surface area contributed by atoms with Crippen LogP contribution in [0, 0.1) is 25.7 Å². The van der Waals surface area contributed by atoms with Crippen LogP contribution < -0.4 is 5.32 Å². The van der Waals surface area contributed by atoms with E-state index in [9.17, 15) is 0 Å². The van der Waals surface area contributed by atoms with Gasteiger partial charge in [-0.1, -0.05) is 13.8 Å². The molecule has 1 aliphatic rings. The van der Waals surface area contributed by atoms with Crippen molar-refractivity contribution in [2.75, 3.05) is 6.54 Å². The molecular formula is C16H27NOS. The van der Waals surface area contributed by atoms with E-state index in [1.54, 1.807) is 0 Å². The molecule has 1 aliphatic heterocycles. The van der Waals surface area contributed by atoms with Gasteiger partial charge in [-0.05, 0) is 51.8 Å². The van der Waals surface area contributed by atoms with Gasteiger partial charge in [0.05, 0.1) is 12.2 Å². The maximum Gasteiger partial charge on any atom is 0.0600 e. The van der Waals surface area contributed by atoms with Crippen LogP contribution in [0.15, 0.2) is 6.07 Å². The Morgan fingerprint density at radius 1 is 1.26 bits per heavy atom. The molecule has 2 rings (SSSR count). The lowest BCUT2D eigenvalue weighted by molar-refractivity contribution is 0.0475. The summed E-state index contributed by atoms with van der Waals surface area (Å²) in [5.74, 6) is 1.15. The van der Waals surface area contributed by atoms with Crippen LogP contribution in [0.2, 0.25) is 0 Å². The van der Waals surface area contributed by atoms with Crippen LogP contribution in [0.5, 0.6) is 0 Å². The van der Waals surface area contributed by atoms with Crippen molar-refractivity contribution in [3.8, 4) is 0 Å². The fraction of sp³-hybridized carbons (Fsp3) is 0.750. The molecule has 19 heavy (non-hydrogen) atoms. The molecule has 2 nitrogen and oxygen atoms in total. The Balaban J connectivity index is 2.32. The lowest BCUT2D eigenvalue weighted by Crippen LogP contribution is -2.35. The summed E-state index contributed by atoms with van der Waals surface area (Å²) in [4.78, 5) is 2.85. The molecule has 0 aromatic carbocycles. The smallest absolute Gasteiger partial charge is 0.0600 e. The van der Waals surface area contributed by atoms with Crippen LogP contribution in [0.3, 0.4) is 0 Å². The van der Waals surface area contributed by atoms with Crippen molar-refractivity contribution >= 4 is 11.3 Å². The van der Waals surface area contributed by atoms with Crippen molar-refractivity contribution in [1.29, 1.82) is 0 Å². The number of nitrogens with one attached hydrogen (secondary N) is 1. The normalized spacial score (nSPS) is 32.7. The van der Waals surface area contributed by atoms with Gasteiger partial charge < -0.3 is 10.1 Å².